The molecule has 0 bridgehead atoms. The van der Waals surface area contributed by atoms with Crippen molar-refractivity contribution < 1.29 is 4.79 Å². The maximum absolute atomic E-state index is 12.4. The van der Waals surface area contributed by atoms with Gasteiger partial charge >= 0.3 is 0 Å². The van der Waals surface area contributed by atoms with E-state index in [2.05, 4.69) is 17.3 Å². The standard InChI is InChI=1S/C15H19N3O/c1-3-7-13(12-8-5-4-6-9-12)15(19)16-14-10-11-18(2)17-14/h4-6,8-11,13H,3,7H2,1-2H3,(H,16,17,19)/t13-/m0/s1. The summed E-state index contributed by atoms with van der Waals surface area (Å²) in [6, 6.07) is 11.7. The average molecular weight is 257 g/mol. The number of benzene rings is 1. The molecule has 4 nitrogen and oxygen atoms in total. The molecule has 19 heavy (non-hydrogen) atoms. The molecule has 1 aromatic heterocycles. The van der Waals surface area contributed by atoms with Crippen molar-refractivity contribution in [3.05, 3.63) is 48.2 Å². The smallest absolute Gasteiger partial charge is 0.233 e. The van der Waals surface area contributed by atoms with Crippen molar-refractivity contribution >= 4 is 11.7 Å². The minimum atomic E-state index is -0.117. The Hall–Kier alpha value is -2.10. The Balaban J connectivity index is 2.13. The second-order valence-corrected chi connectivity index (χ2v) is 4.62. The van der Waals surface area contributed by atoms with Gasteiger partial charge in [0.15, 0.2) is 5.82 Å². The number of nitrogens with zero attached hydrogens (tertiary/aromatic N) is 2. The molecule has 4 heteroatoms. The maximum atomic E-state index is 12.4. The SMILES string of the molecule is CCC[C@H](C(=O)Nc1ccn(C)n1)c1ccccc1. The zero-order valence-electron chi connectivity index (χ0n) is 11.3. The van der Waals surface area contributed by atoms with E-state index in [0.717, 1.165) is 18.4 Å². The highest BCUT2D eigenvalue weighted by Gasteiger charge is 2.20. The van der Waals surface area contributed by atoms with Gasteiger partial charge in [-0.1, -0.05) is 43.7 Å². The summed E-state index contributed by atoms with van der Waals surface area (Å²) in [7, 11) is 1.83. The van der Waals surface area contributed by atoms with Gasteiger partial charge in [-0.3, -0.25) is 9.48 Å². The van der Waals surface area contributed by atoms with Gasteiger partial charge in [0.2, 0.25) is 5.91 Å². The molecule has 0 saturated carbocycles. The van der Waals surface area contributed by atoms with Crippen LogP contribution in [0.25, 0.3) is 0 Å². The summed E-state index contributed by atoms with van der Waals surface area (Å²) in [5.41, 5.74) is 1.05. The summed E-state index contributed by atoms with van der Waals surface area (Å²) in [5, 5.41) is 7.05. The molecule has 1 N–H and O–H groups in total. The van der Waals surface area contributed by atoms with Crippen LogP contribution in [0, 0.1) is 0 Å². The zero-order valence-corrected chi connectivity index (χ0v) is 11.3. The fourth-order valence-corrected chi connectivity index (χ4v) is 2.12. The van der Waals surface area contributed by atoms with Crippen LogP contribution in [0.3, 0.4) is 0 Å². The topological polar surface area (TPSA) is 46.9 Å². The summed E-state index contributed by atoms with van der Waals surface area (Å²) in [4.78, 5) is 12.4. The molecule has 1 amide bonds. The minimum Gasteiger partial charge on any atom is -0.309 e. The molecule has 100 valence electrons. The van der Waals surface area contributed by atoms with Crippen LogP contribution in [0.15, 0.2) is 42.6 Å². The molecule has 0 spiro atoms. The molecule has 0 aliphatic heterocycles. The summed E-state index contributed by atoms with van der Waals surface area (Å²) < 4.78 is 1.67. The van der Waals surface area contributed by atoms with E-state index in [0.29, 0.717) is 5.82 Å². The Bertz CT molecular complexity index is 533. The summed E-state index contributed by atoms with van der Waals surface area (Å²) in [5.74, 6) is 0.490. The van der Waals surface area contributed by atoms with Crippen molar-refractivity contribution in [2.24, 2.45) is 7.05 Å². The van der Waals surface area contributed by atoms with Gasteiger partial charge in [0, 0.05) is 19.3 Å². The van der Waals surface area contributed by atoms with Crippen molar-refractivity contribution in [3.63, 3.8) is 0 Å². The van der Waals surface area contributed by atoms with Crippen LogP contribution in [0.2, 0.25) is 0 Å². The largest absolute Gasteiger partial charge is 0.309 e. The quantitative estimate of drug-likeness (QED) is 0.895. The number of hydrogen-bond acceptors (Lipinski definition) is 2. The first-order chi connectivity index (χ1) is 9.20. The van der Waals surface area contributed by atoms with Gasteiger partial charge in [0.1, 0.15) is 0 Å². The number of carbonyl (C=O) groups excluding carboxylic acids is 1. The fourth-order valence-electron chi connectivity index (χ4n) is 2.12. The van der Waals surface area contributed by atoms with Gasteiger partial charge in [-0.2, -0.15) is 5.10 Å². The molecule has 0 fully saturated rings. The molecule has 0 aliphatic rings. The second kappa shape index (κ2) is 6.18. The molecule has 1 atom stereocenters. The third-order valence-corrected chi connectivity index (χ3v) is 3.06. The number of aryl methyl sites for hydroxylation is 1. The molecule has 0 unspecified atom stereocenters. The molecular formula is C15H19N3O. The Morgan fingerprint density at radius 2 is 2.05 bits per heavy atom. The van der Waals surface area contributed by atoms with Crippen molar-refractivity contribution in [1.29, 1.82) is 0 Å². The van der Waals surface area contributed by atoms with E-state index in [9.17, 15) is 4.79 Å². The van der Waals surface area contributed by atoms with Crippen LogP contribution in [-0.2, 0) is 11.8 Å². The normalized spacial score (nSPS) is 12.1. The lowest BCUT2D eigenvalue weighted by Gasteiger charge is -2.15. The zero-order chi connectivity index (χ0) is 13.7. The van der Waals surface area contributed by atoms with Crippen molar-refractivity contribution in [2.75, 3.05) is 5.32 Å². The number of nitrogens with one attached hydrogen (secondary N) is 1. The highest BCUT2D eigenvalue weighted by atomic mass is 16.2. The lowest BCUT2D eigenvalue weighted by Crippen LogP contribution is -2.21. The van der Waals surface area contributed by atoms with Crippen LogP contribution in [0.4, 0.5) is 5.82 Å². The minimum absolute atomic E-state index is 0.00625. The third kappa shape index (κ3) is 3.44. The van der Waals surface area contributed by atoms with Gasteiger partial charge in [-0.15, -0.1) is 0 Å². The number of aromatic nitrogens is 2. The average Bonchev–Trinajstić information content (AvgIpc) is 2.82. The number of hydrogen-bond donors (Lipinski definition) is 1. The van der Waals surface area contributed by atoms with E-state index >= 15 is 0 Å². The Labute approximate surface area is 113 Å². The van der Waals surface area contributed by atoms with Gasteiger partial charge in [0.25, 0.3) is 0 Å². The van der Waals surface area contributed by atoms with Gasteiger partial charge in [-0.05, 0) is 12.0 Å². The predicted molar refractivity (Wildman–Crippen MR) is 75.9 cm³/mol. The van der Waals surface area contributed by atoms with Crippen molar-refractivity contribution in [1.82, 2.24) is 9.78 Å². The molecule has 0 saturated heterocycles. The Morgan fingerprint density at radius 3 is 2.63 bits per heavy atom. The predicted octanol–water partition coefficient (Wildman–Crippen LogP) is 2.94. The first-order valence-corrected chi connectivity index (χ1v) is 6.56. The van der Waals surface area contributed by atoms with Crippen LogP contribution in [0.1, 0.15) is 31.2 Å². The van der Waals surface area contributed by atoms with Crippen LogP contribution < -0.4 is 5.32 Å². The molecule has 1 heterocycles. The number of rotatable bonds is 5. The van der Waals surface area contributed by atoms with E-state index in [1.807, 2.05) is 43.6 Å². The van der Waals surface area contributed by atoms with Gasteiger partial charge in [-0.25, -0.2) is 0 Å². The van der Waals surface area contributed by atoms with Crippen LogP contribution in [0.5, 0.6) is 0 Å². The number of carbonyl (C=O) groups is 1. The van der Waals surface area contributed by atoms with E-state index in [1.54, 1.807) is 10.7 Å². The lowest BCUT2D eigenvalue weighted by molar-refractivity contribution is -0.117. The van der Waals surface area contributed by atoms with Crippen molar-refractivity contribution in [3.8, 4) is 0 Å². The third-order valence-electron chi connectivity index (χ3n) is 3.06. The van der Waals surface area contributed by atoms with Crippen LogP contribution in [-0.4, -0.2) is 15.7 Å². The Morgan fingerprint density at radius 1 is 1.32 bits per heavy atom. The maximum Gasteiger partial charge on any atom is 0.233 e. The highest BCUT2D eigenvalue weighted by molar-refractivity contribution is 5.95. The molecule has 1 aromatic carbocycles. The lowest BCUT2D eigenvalue weighted by atomic mass is 9.94. The van der Waals surface area contributed by atoms with E-state index in [-0.39, 0.29) is 11.8 Å². The summed E-state index contributed by atoms with van der Waals surface area (Å²) >= 11 is 0. The second-order valence-electron chi connectivity index (χ2n) is 4.62. The molecule has 2 rings (SSSR count). The van der Waals surface area contributed by atoms with Gasteiger partial charge < -0.3 is 5.32 Å². The summed E-state index contributed by atoms with van der Waals surface area (Å²) in [6.07, 6.45) is 3.62. The van der Waals surface area contributed by atoms with E-state index in [1.165, 1.54) is 0 Å². The Kier molecular flexibility index (Phi) is 4.34. The number of amides is 1. The first kappa shape index (κ1) is 13.3. The first-order valence-electron chi connectivity index (χ1n) is 6.56. The molecule has 0 radical (unpaired) electrons. The molecule has 0 aliphatic carbocycles. The van der Waals surface area contributed by atoms with E-state index < -0.39 is 0 Å². The van der Waals surface area contributed by atoms with E-state index in [4.69, 9.17) is 0 Å². The molecular weight excluding hydrogens is 238 g/mol. The number of anilines is 1. The van der Waals surface area contributed by atoms with Gasteiger partial charge in [0.05, 0.1) is 5.92 Å². The fraction of sp³-hybridized carbons (Fsp3) is 0.333. The monoisotopic (exact) mass is 257 g/mol. The van der Waals surface area contributed by atoms with Crippen LogP contribution >= 0.6 is 0 Å². The van der Waals surface area contributed by atoms with Crippen molar-refractivity contribution in [2.45, 2.75) is 25.7 Å². The molecule has 2 aromatic rings. The highest BCUT2D eigenvalue weighted by Crippen LogP contribution is 2.22. The summed E-state index contributed by atoms with van der Waals surface area (Å²) in [6.45, 7) is 2.09.